The largest absolute Gasteiger partial charge is 0.493 e. The SMILES string of the molecule is O=C(CCN1C(=O)Cc2ccccc2C1=O)N[C@H]1CCOc2ccccc21. The van der Waals surface area contributed by atoms with Crippen LogP contribution in [0.2, 0.25) is 0 Å². The smallest absolute Gasteiger partial charge is 0.260 e. The molecule has 0 fully saturated rings. The first kappa shape index (κ1) is 17.3. The maximum Gasteiger partial charge on any atom is 0.260 e. The second-order valence-electron chi connectivity index (χ2n) is 6.73. The number of ether oxygens (including phenoxy) is 1. The fraction of sp³-hybridized carbons (Fsp3) is 0.286. The van der Waals surface area contributed by atoms with Crippen molar-refractivity contribution in [1.82, 2.24) is 10.2 Å². The van der Waals surface area contributed by atoms with Gasteiger partial charge in [0.2, 0.25) is 11.8 Å². The van der Waals surface area contributed by atoms with Crippen molar-refractivity contribution in [3.63, 3.8) is 0 Å². The van der Waals surface area contributed by atoms with Crippen LogP contribution in [0.25, 0.3) is 0 Å². The lowest BCUT2D eigenvalue weighted by Crippen LogP contribution is -2.44. The molecule has 1 N–H and O–H groups in total. The zero-order chi connectivity index (χ0) is 18.8. The Labute approximate surface area is 157 Å². The van der Waals surface area contributed by atoms with E-state index >= 15 is 0 Å². The fourth-order valence-corrected chi connectivity index (χ4v) is 3.60. The Bertz CT molecular complexity index is 909. The van der Waals surface area contributed by atoms with Gasteiger partial charge in [0.05, 0.1) is 19.1 Å². The zero-order valence-corrected chi connectivity index (χ0v) is 14.8. The molecule has 0 saturated carbocycles. The number of rotatable bonds is 4. The number of nitrogens with one attached hydrogen (secondary N) is 1. The number of amides is 3. The monoisotopic (exact) mass is 364 g/mol. The highest BCUT2D eigenvalue weighted by atomic mass is 16.5. The van der Waals surface area contributed by atoms with Crippen LogP contribution in [0.5, 0.6) is 5.75 Å². The van der Waals surface area contributed by atoms with Crippen molar-refractivity contribution >= 4 is 17.7 Å². The molecule has 1 atom stereocenters. The lowest BCUT2D eigenvalue weighted by Gasteiger charge is -2.28. The van der Waals surface area contributed by atoms with Gasteiger partial charge in [0.15, 0.2) is 0 Å². The highest BCUT2D eigenvalue weighted by Crippen LogP contribution is 2.31. The van der Waals surface area contributed by atoms with E-state index in [-0.39, 0.29) is 43.1 Å². The summed E-state index contributed by atoms with van der Waals surface area (Å²) in [5, 5.41) is 3.00. The molecular formula is C21H20N2O4. The summed E-state index contributed by atoms with van der Waals surface area (Å²) in [6.45, 7) is 0.630. The van der Waals surface area contributed by atoms with Gasteiger partial charge in [-0.1, -0.05) is 36.4 Å². The van der Waals surface area contributed by atoms with E-state index < -0.39 is 0 Å². The molecule has 0 radical (unpaired) electrons. The summed E-state index contributed by atoms with van der Waals surface area (Å²) in [7, 11) is 0. The molecule has 4 rings (SSSR count). The van der Waals surface area contributed by atoms with Gasteiger partial charge in [-0.25, -0.2) is 0 Å². The molecule has 2 aromatic rings. The summed E-state index contributed by atoms with van der Waals surface area (Å²) < 4.78 is 5.60. The first-order valence-corrected chi connectivity index (χ1v) is 9.07. The Kier molecular flexibility index (Phi) is 4.62. The minimum atomic E-state index is -0.328. The van der Waals surface area contributed by atoms with Crippen LogP contribution in [0, 0.1) is 0 Å². The minimum absolute atomic E-state index is 0.0825. The van der Waals surface area contributed by atoms with Crippen LogP contribution in [0.4, 0.5) is 0 Å². The van der Waals surface area contributed by atoms with Gasteiger partial charge in [-0.2, -0.15) is 0 Å². The van der Waals surface area contributed by atoms with E-state index in [1.165, 1.54) is 4.90 Å². The summed E-state index contributed by atoms with van der Waals surface area (Å²) in [5.41, 5.74) is 2.24. The lowest BCUT2D eigenvalue weighted by atomic mass is 9.98. The average Bonchev–Trinajstić information content (AvgIpc) is 2.68. The number of hydrogen-bond acceptors (Lipinski definition) is 4. The van der Waals surface area contributed by atoms with Crippen LogP contribution in [0.1, 0.15) is 40.4 Å². The van der Waals surface area contributed by atoms with Crippen molar-refractivity contribution in [1.29, 1.82) is 0 Å². The molecule has 138 valence electrons. The number of benzene rings is 2. The van der Waals surface area contributed by atoms with Crippen LogP contribution in [0.3, 0.4) is 0 Å². The normalized spacial score (nSPS) is 18.4. The first-order valence-electron chi connectivity index (χ1n) is 9.07. The molecule has 27 heavy (non-hydrogen) atoms. The van der Waals surface area contributed by atoms with E-state index in [1.807, 2.05) is 30.3 Å². The second-order valence-corrected chi connectivity index (χ2v) is 6.73. The van der Waals surface area contributed by atoms with Crippen molar-refractivity contribution in [2.24, 2.45) is 0 Å². The molecule has 6 heteroatoms. The highest BCUT2D eigenvalue weighted by Gasteiger charge is 2.31. The number of carbonyl (C=O) groups is 3. The molecule has 0 unspecified atom stereocenters. The predicted molar refractivity (Wildman–Crippen MR) is 98.2 cm³/mol. The van der Waals surface area contributed by atoms with Gasteiger partial charge >= 0.3 is 0 Å². The van der Waals surface area contributed by atoms with E-state index in [4.69, 9.17) is 4.74 Å². The Morgan fingerprint density at radius 2 is 1.89 bits per heavy atom. The number of para-hydroxylation sites is 1. The quantitative estimate of drug-likeness (QED) is 0.845. The van der Waals surface area contributed by atoms with Gasteiger partial charge in [-0.3, -0.25) is 19.3 Å². The summed E-state index contributed by atoms with van der Waals surface area (Å²) in [6, 6.07) is 14.6. The summed E-state index contributed by atoms with van der Waals surface area (Å²) in [5.74, 6) is 0.0113. The molecule has 0 aromatic heterocycles. The van der Waals surface area contributed by atoms with Crippen molar-refractivity contribution in [3.8, 4) is 5.75 Å². The molecule has 0 saturated heterocycles. The van der Waals surface area contributed by atoms with E-state index in [1.54, 1.807) is 18.2 Å². The standard InChI is InChI=1S/C21H20N2O4/c24-19(22-17-10-12-27-18-8-4-3-7-16(17)18)9-11-23-20(25)13-14-5-1-2-6-15(14)21(23)26/h1-8,17H,9-13H2,(H,22,24)/t17-/m0/s1. The van der Waals surface area contributed by atoms with Crippen LogP contribution in [0.15, 0.2) is 48.5 Å². The van der Waals surface area contributed by atoms with Gasteiger partial charge < -0.3 is 10.1 Å². The minimum Gasteiger partial charge on any atom is -0.493 e. The highest BCUT2D eigenvalue weighted by molar-refractivity contribution is 6.09. The second kappa shape index (κ2) is 7.23. The van der Waals surface area contributed by atoms with Gasteiger partial charge in [-0.05, 0) is 17.7 Å². The fourth-order valence-electron chi connectivity index (χ4n) is 3.60. The predicted octanol–water partition coefficient (Wildman–Crippen LogP) is 2.24. The molecular weight excluding hydrogens is 344 g/mol. The van der Waals surface area contributed by atoms with Gasteiger partial charge in [0.1, 0.15) is 5.75 Å². The van der Waals surface area contributed by atoms with Crippen molar-refractivity contribution in [2.45, 2.75) is 25.3 Å². The third kappa shape index (κ3) is 3.43. The molecule has 2 aliphatic rings. The molecule has 2 aliphatic heterocycles. The van der Waals surface area contributed by atoms with Gasteiger partial charge in [-0.15, -0.1) is 0 Å². The third-order valence-electron chi connectivity index (χ3n) is 4.99. The number of hydrogen-bond donors (Lipinski definition) is 1. The van der Waals surface area contributed by atoms with Crippen molar-refractivity contribution in [3.05, 3.63) is 65.2 Å². The van der Waals surface area contributed by atoms with Crippen molar-refractivity contribution in [2.75, 3.05) is 13.2 Å². The topological polar surface area (TPSA) is 75.7 Å². The molecule has 0 bridgehead atoms. The van der Waals surface area contributed by atoms with Crippen LogP contribution >= 0.6 is 0 Å². The molecule has 2 aromatic carbocycles. The Morgan fingerprint density at radius 3 is 2.78 bits per heavy atom. The summed E-state index contributed by atoms with van der Waals surface area (Å²) in [4.78, 5) is 38.4. The summed E-state index contributed by atoms with van der Waals surface area (Å²) >= 11 is 0. The van der Waals surface area contributed by atoms with E-state index in [0.29, 0.717) is 18.6 Å². The van der Waals surface area contributed by atoms with E-state index in [2.05, 4.69) is 5.32 Å². The molecule has 0 spiro atoms. The maximum absolute atomic E-state index is 12.6. The summed E-state index contributed by atoms with van der Waals surface area (Å²) in [6.07, 6.45) is 0.966. The number of imide groups is 1. The van der Waals surface area contributed by atoms with E-state index in [0.717, 1.165) is 16.9 Å². The number of nitrogens with zero attached hydrogens (tertiary/aromatic N) is 1. The maximum atomic E-state index is 12.6. The van der Waals surface area contributed by atoms with Gasteiger partial charge in [0.25, 0.3) is 5.91 Å². The zero-order valence-electron chi connectivity index (χ0n) is 14.8. The Hall–Kier alpha value is -3.15. The average molecular weight is 364 g/mol. The lowest BCUT2D eigenvalue weighted by molar-refractivity contribution is -0.129. The number of fused-ring (bicyclic) bond motifs is 2. The van der Waals surface area contributed by atoms with Crippen LogP contribution in [-0.4, -0.2) is 35.8 Å². The van der Waals surface area contributed by atoms with E-state index in [9.17, 15) is 14.4 Å². The molecule has 3 amide bonds. The van der Waals surface area contributed by atoms with Gasteiger partial charge in [0, 0.05) is 30.5 Å². The molecule has 2 heterocycles. The van der Waals surface area contributed by atoms with Crippen LogP contribution in [-0.2, 0) is 16.0 Å². The Morgan fingerprint density at radius 1 is 1.11 bits per heavy atom. The number of carbonyl (C=O) groups excluding carboxylic acids is 3. The van der Waals surface area contributed by atoms with Crippen LogP contribution < -0.4 is 10.1 Å². The first-order chi connectivity index (χ1) is 13.1. The molecule has 0 aliphatic carbocycles. The third-order valence-corrected chi connectivity index (χ3v) is 4.99. The Balaban J connectivity index is 1.39. The molecule has 6 nitrogen and oxygen atoms in total. The van der Waals surface area contributed by atoms with Crippen molar-refractivity contribution < 1.29 is 19.1 Å².